The molecule has 0 atom stereocenters. The van der Waals surface area contributed by atoms with Gasteiger partial charge in [0, 0.05) is 10.7 Å². The van der Waals surface area contributed by atoms with Crippen molar-refractivity contribution in [2.45, 2.75) is 6.42 Å². The molecule has 2 nitrogen and oxygen atoms in total. The number of halogens is 1. The second-order valence-corrected chi connectivity index (χ2v) is 4.64. The summed E-state index contributed by atoms with van der Waals surface area (Å²) in [6, 6.07) is 0. The summed E-state index contributed by atoms with van der Waals surface area (Å²) >= 11 is 0. The molecule has 4 heteroatoms. The Bertz CT molecular complexity index is 322. The van der Waals surface area contributed by atoms with Gasteiger partial charge in [-0.3, -0.25) is 0 Å². The van der Waals surface area contributed by atoms with E-state index in [1.54, 1.807) is 12.2 Å². The van der Waals surface area contributed by atoms with Crippen molar-refractivity contribution in [2.24, 2.45) is 0 Å². The van der Waals surface area contributed by atoms with Gasteiger partial charge in [0.05, 0.1) is 4.91 Å². The van der Waals surface area contributed by atoms with Crippen molar-refractivity contribution < 1.29 is 8.42 Å². The normalized spacial score (nSPS) is 17.7. The van der Waals surface area contributed by atoms with Crippen molar-refractivity contribution >= 4 is 19.7 Å². The van der Waals surface area contributed by atoms with E-state index in [2.05, 4.69) is 0 Å². The Balaban J connectivity index is 3.05. The van der Waals surface area contributed by atoms with Crippen molar-refractivity contribution in [1.82, 2.24) is 0 Å². The molecule has 0 unspecified atom stereocenters. The zero-order valence-corrected chi connectivity index (χ0v) is 7.27. The van der Waals surface area contributed by atoms with Gasteiger partial charge in [-0.25, -0.2) is 8.42 Å². The summed E-state index contributed by atoms with van der Waals surface area (Å²) in [5, 5.41) is 0. The fourth-order valence-corrected chi connectivity index (χ4v) is 1.53. The first-order chi connectivity index (χ1) is 5.11. The molecule has 0 N–H and O–H groups in total. The fourth-order valence-electron chi connectivity index (χ4n) is 0.722. The van der Waals surface area contributed by atoms with E-state index in [1.165, 1.54) is 12.2 Å². The quantitative estimate of drug-likeness (QED) is 0.593. The molecule has 0 aromatic rings. The molecule has 1 aliphatic rings. The molecule has 0 saturated carbocycles. The van der Waals surface area contributed by atoms with E-state index in [0.717, 1.165) is 6.42 Å². The molecule has 1 aliphatic carbocycles. The summed E-state index contributed by atoms with van der Waals surface area (Å²) in [6.07, 6.45) is 9.00. The molecule has 1 rings (SSSR count). The maximum atomic E-state index is 10.8. The molecule has 0 saturated heterocycles. The van der Waals surface area contributed by atoms with E-state index in [4.69, 9.17) is 10.7 Å². The lowest BCUT2D eigenvalue weighted by Gasteiger charge is -1.91. The van der Waals surface area contributed by atoms with Crippen LogP contribution in [0.1, 0.15) is 6.42 Å². The Labute approximate surface area is 70.3 Å². The highest BCUT2D eigenvalue weighted by molar-refractivity contribution is 8.17. The van der Waals surface area contributed by atoms with Crippen LogP contribution in [-0.4, -0.2) is 8.42 Å². The molecule has 0 spiro atoms. The summed E-state index contributed by atoms with van der Waals surface area (Å²) in [5.41, 5.74) is 0. The third kappa shape index (κ3) is 2.52. The van der Waals surface area contributed by atoms with Gasteiger partial charge in [-0.05, 0) is 18.6 Å². The highest BCUT2D eigenvalue weighted by Crippen LogP contribution is 2.15. The minimum absolute atomic E-state index is 0.146. The Morgan fingerprint density at radius 3 is 2.73 bits per heavy atom. The van der Waals surface area contributed by atoms with Crippen LogP contribution in [0.15, 0.2) is 35.3 Å². The molecule has 60 valence electrons. The zero-order valence-electron chi connectivity index (χ0n) is 5.70. The van der Waals surface area contributed by atoms with Gasteiger partial charge in [0.25, 0.3) is 9.05 Å². The lowest BCUT2D eigenvalue weighted by molar-refractivity contribution is 0.615. The lowest BCUT2D eigenvalue weighted by Crippen LogP contribution is -1.89. The van der Waals surface area contributed by atoms with Crippen LogP contribution in [0.2, 0.25) is 0 Å². The Morgan fingerprint density at radius 1 is 1.36 bits per heavy atom. The molecule has 0 aromatic carbocycles. The predicted molar refractivity (Wildman–Crippen MR) is 45.8 cm³/mol. The molecular formula is C7H7ClO2S. The van der Waals surface area contributed by atoms with Gasteiger partial charge in [-0.2, -0.15) is 0 Å². The van der Waals surface area contributed by atoms with E-state index in [9.17, 15) is 8.42 Å². The van der Waals surface area contributed by atoms with E-state index in [1.807, 2.05) is 6.08 Å². The van der Waals surface area contributed by atoms with Gasteiger partial charge in [0.2, 0.25) is 0 Å². The summed E-state index contributed by atoms with van der Waals surface area (Å²) < 4.78 is 21.5. The van der Waals surface area contributed by atoms with E-state index in [0.29, 0.717) is 0 Å². The van der Waals surface area contributed by atoms with Crippen molar-refractivity contribution in [3.05, 3.63) is 35.3 Å². The average Bonchev–Trinajstić information content (AvgIpc) is 2.10. The molecular weight excluding hydrogens is 184 g/mol. The largest absolute Gasteiger partial charge is 0.261 e. The molecule has 0 heterocycles. The summed E-state index contributed by atoms with van der Waals surface area (Å²) in [7, 11) is 1.55. The van der Waals surface area contributed by atoms with Gasteiger partial charge in [0.15, 0.2) is 0 Å². The second-order valence-electron chi connectivity index (χ2n) is 2.07. The first kappa shape index (κ1) is 8.56. The minimum atomic E-state index is -3.55. The zero-order chi connectivity index (χ0) is 8.32. The Kier molecular flexibility index (Phi) is 2.52. The Morgan fingerprint density at radius 2 is 2.09 bits per heavy atom. The van der Waals surface area contributed by atoms with Crippen LogP contribution < -0.4 is 0 Å². The first-order valence-electron chi connectivity index (χ1n) is 3.09. The van der Waals surface area contributed by atoms with Gasteiger partial charge >= 0.3 is 0 Å². The van der Waals surface area contributed by atoms with Gasteiger partial charge in [0.1, 0.15) is 0 Å². The average molecular weight is 191 g/mol. The second kappa shape index (κ2) is 3.24. The summed E-state index contributed by atoms with van der Waals surface area (Å²) in [6.45, 7) is 0. The molecule has 0 aliphatic heterocycles. The highest BCUT2D eigenvalue weighted by atomic mass is 35.7. The highest BCUT2D eigenvalue weighted by Gasteiger charge is 2.09. The van der Waals surface area contributed by atoms with Crippen molar-refractivity contribution in [3.8, 4) is 0 Å². The van der Waals surface area contributed by atoms with Crippen molar-refractivity contribution in [2.75, 3.05) is 0 Å². The smallest absolute Gasteiger partial charge is 0.207 e. The van der Waals surface area contributed by atoms with Crippen LogP contribution in [0.4, 0.5) is 0 Å². The summed E-state index contributed by atoms with van der Waals surface area (Å²) in [4.78, 5) is 0.146. The topological polar surface area (TPSA) is 34.1 Å². The molecule has 0 fully saturated rings. The van der Waals surface area contributed by atoms with Gasteiger partial charge in [-0.15, -0.1) is 0 Å². The molecule has 0 amide bonds. The van der Waals surface area contributed by atoms with Crippen LogP contribution in [0, 0.1) is 0 Å². The van der Waals surface area contributed by atoms with Crippen LogP contribution in [0.25, 0.3) is 0 Å². The predicted octanol–water partition coefficient (Wildman–Crippen LogP) is 1.96. The van der Waals surface area contributed by atoms with E-state index < -0.39 is 9.05 Å². The van der Waals surface area contributed by atoms with Crippen LogP contribution in [-0.2, 0) is 9.05 Å². The molecule has 0 radical (unpaired) electrons. The molecule has 0 bridgehead atoms. The number of hydrogen-bond donors (Lipinski definition) is 0. The monoisotopic (exact) mass is 190 g/mol. The Hall–Kier alpha value is -0.540. The first-order valence-corrected chi connectivity index (χ1v) is 5.39. The van der Waals surface area contributed by atoms with Crippen LogP contribution in [0.5, 0.6) is 0 Å². The summed E-state index contributed by atoms with van der Waals surface area (Å²) in [5.74, 6) is 0. The van der Waals surface area contributed by atoms with Crippen LogP contribution >= 0.6 is 10.7 Å². The van der Waals surface area contributed by atoms with Crippen LogP contribution in [0.3, 0.4) is 0 Å². The molecule has 11 heavy (non-hydrogen) atoms. The maximum Gasteiger partial charge on any atom is 0.261 e. The molecule has 0 aromatic heterocycles. The number of allylic oxidation sites excluding steroid dienone is 5. The fraction of sp³-hybridized carbons (Fsp3) is 0.143. The number of rotatable bonds is 1. The van der Waals surface area contributed by atoms with Crippen molar-refractivity contribution in [3.63, 3.8) is 0 Å². The standard InChI is InChI=1S/C7H7ClO2S/c8-11(9,10)7-5-3-1-2-4-6-7/h1,3-6H,2H2. The minimum Gasteiger partial charge on any atom is -0.207 e. The maximum absolute atomic E-state index is 10.8. The van der Waals surface area contributed by atoms with E-state index in [-0.39, 0.29) is 4.91 Å². The number of hydrogen-bond acceptors (Lipinski definition) is 2. The van der Waals surface area contributed by atoms with E-state index >= 15 is 0 Å². The van der Waals surface area contributed by atoms with Gasteiger partial charge < -0.3 is 0 Å². The van der Waals surface area contributed by atoms with Crippen molar-refractivity contribution in [1.29, 1.82) is 0 Å². The third-order valence-electron chi connectivity index (χ3n) is 1.23. The third-order valence-corrected chi connectivity index (χ3v) is 2.60. The lowest BCUT2D eigenvalue weighted by atomic mass is 10.4. The van der Waals surface area contributed by atoms with Gasteiger partial charge in [-0.1, -0.05) is 18.2 Å². The SMILES string of the molecule is O=S(=O)(Cl)C1=CC=CCC=C1.